The monoisotopic (exact) mass is 341 g/mol. The number of carbonyl (C=O) groups excluding carboxylic acids is 1. The molecule has 2 aliphatic heterocycles. The highest BCUT2D eigenvalue weighted by molar-refractivity contribution is 5.91. The molecule has 2 atom stereocenters. The van der Waals surface area contributed by atoms with Gasteiger partial charge in [-0.15, -0.1) is 0 Å². The molecule has 4 rings (SSSR count). The Morgan fingerprint density at radius 1 is 1.24 bits per heavy atom. The van der Waals surface area contributed by atoms with Gasteiger partial charge in [-0.1, -0.05) is 0 Å². The highest BCUT2D eigenvalue weighted by Gasteiger charge is 2.37. The molecule has 0 spiro atoms. The van der Waals surface area contributed by atoms with Crippen LogP contribution < -0.4 is 0 Å². The van der Waals surface area contributed by atoms with Gasteiger partial charge in [0.05, 0.1) is 19.5 Å². The number of hydrogen-bond donors (Lipinski definition) is 0. The Bertz CT molecular complexity index is 689. The Labute approximate surface area is 147 Å². The van der Waals surface area contributed by atoms with Crippen LogP contribution in [0.5, 0.6) is 0 Å². The van der Waals surface area contributed by atoms with E-state index < -0.39 is 0 Å². The maximum atomic E-state index is 12.7. The lowest BCUT2D eigenvalue weighted by Gasteiger charge is -2.42. The van der Waals surface area contributed by atoms with Gasteiger partial charge in [0.1, 0.15) is 0 Å². The molecule has 0 unspecified atom stereocenters. The second-order valence-electron chi connectivity index (χ2n) is 6.75. The molecule has 2 fully saturated rings. The number of pyridine rings is 1. The van der Waals surface area contributed by atoms with Crippen LogP contribution in [-0.4, -0.2) is 59.6 Å². The molecule has 2 aromatic rings. The molecule has 2 aromatic heterocycles. The summed E-state index contributed by atoms with van der Waals surface area (Å²) in [6.45, 7) is 4.73. The van der Waals surface area contributed by atoms with Crippen molar-refractivity contribution in [2.24, 2.45) is 5.92 Å². The van der Waals surface area contributed by atoms with Crippen LogP contribution in [0.25, 0.3) is 0 Å². The van der Waals surface area contributed by atoms with Gasteiger partial charge in [0.15, 0.2) is 5.76 Å². The number of ether oxygens (including phenoxy) is 1. The van der Waals surface area contributed by atoms with E-state index in [1.807, 2.05) is 17.3 Å². The molecule has 2 saturated heterocycles. The van der Waals surface area contributed by atoms with Crippen LogP contribution in [0.1, 0.15) is 22.5 Å². The zero-order chi connectivity index (χ0) is 17.1. The van der Waals surface area contributed by atoms with E-state index in [-0.39, 0.29) is 5.91 Å². The fourth-order valence-corrected chi connectivity index (χ4v) is 3.83. The first-order valence-corrected chi connectivity index (χ1v) is 8.85. The molecule has 4 heterocycles. The van der Waals surface area contributed by atoms with Gasteiger partial charge in [-0.05, 0) is 36.2 Å². The van der Waals surface area contributed by atoms with Crippen LogP contribution >= 0.6 is 0 Å². The molecule has 25 heavy (non-hydrogen) atoms. The molecular formula is C19H23N3O3. The predicted octanol–water partition coefficient (Wildman–Crippen LogP) is 2.04. The summed E-state index contributed by atoms with van der Waals surface area (Å²) in [5.74, 6) is 0.867. The summed E-state index contributed by atoms with van der Waals surface area (Å²) in [7, 11) is 0. The van der Waals surface area contributed by atoms with Gasteiger partial charge >= 0.3 is 0 Å². The number of likely N-dealkylation sites (tertiary alicyclic amines) is 1. The van der Waals surface area contributed by atoms with Crippen LogP contribution in [0.3, 0.4) is 0 Å². The van der Waals surface area contributed by atoms with Gasteiger partial charge in [0.2, 0.25) is 0 Å². The van der Waals surface area contributed by atoms with Crippen molar-refractivity contribution in [1.29, 1.82) is 0 Å². The Morgan fingerprint density at radius 2 is 2.12 bits per heavy atom. The van der Waals surface area contributed by atoms with Crippen molar-refractivity contribution >= 4 is 5.91 Å². The van der Waals surface area contributed by atoms with E-state index in [0.29, 0.717) is 17.7 Å². The van der Waals surface area contributed by atoms with Crippen molar-refractivity contribution in [2.45, 2.75) is 19.0 Å². The number of nitrogens with zero attached hydrogens (tertiary/aromatic N) is 3. The predicted molar refractivity (Wildman–Crippen MR) is 92.0 cm³/mol. The van der Waals surface area contributed by atoms with Crippen molar-refractivity contribution in [1.82, 2.24) is 14.8 Å². The number of furan rings is 1. The van der Waals surface area contributed by atoms with E-state index in [2.05, 4.69) is 22.0 Å². The summed E-state index contributed by atoms with van der Waals surface area (Å²) in [6, 6.07) is 7.91. The lowest BCUT2D eigenvalue weighted by atomic mass is 9.90. The summed E-state index contributed by atoms with van der Waals surface area (Å²) >= 11 is 0. The van der Waals surface area contributed by atoms with Gasteiger partial charge in [-0.3, -0.25) is 14.7 Å². The average Bonchev–Trinajstić information content (AvgIpc) is 3.12. The van der Waals surface area contributed by atoms with E-state index in [1.54, 1.807) is 18.4 Å². The van der Waals surface area contributed by atoms with Crippen LogP contribution in [0.4, 0.5) is 0 Å². The van der Waals surface area contributed by atoms with E-state index >= 15 is 0 Å². The fourth-order valence-electron chi connectivity index (χ4n) is 3.83. The molecular weight excluding hydrogens is 318 g/mol. The first-order chi connectivity index (χ1) is 12.3. The van der Waals surface area contributed by atoms with Crippen molar-refractivity contribution in [3.63, 3.8) is 0 Å². The molecule has 2 aliphatic rings. The molecule has 0 N–H and O–H groups in total. The zero-order valence-electron chi connectivity index (χ0n) is 14.2. The summed E-state index contributed by atoms with van der Waals surface area (Å²) in [4.78, 5) is 21.1. The normalized spacial score (nSPS) is 24.6. The van der Waals surface area contributed by atoms with Gasteiger partial charge in [0, 0.05) is 50.5 Å². The van der Waals surface area contributed by atoms with Gasteiger partial charge in [-0.25, -0.2) is 0 Å². The van der Waals surface area contributed by atoms with Gasteiger partial charge in [0.25, 0.3) is 5.91 Å². The van der Waals surface area contributed by atoms with E-state index in [1.165, 1.54) is 5.56 Å². The average molecular weight is 341 g/mol. The van der Waals surface area contributed by atoms with Gasteiger partial charge < -0.3 is 14.1 Å². The minimum Gasteiger partial charge on any atom is -0.459 e. The molecule has 1 amide bonds. The minimum atomic E-state index is -0.0162. The second kappa shape index (κ2) is 7.37. The largest absolute Gasteiger partial charge is 0.459 e. The number of amides is 1. The minimum absolute atomic E-state index is 0.0162. The van der Waals surface area contributed by atoms with Crippen LogP contribution in [0, 0.1) is 5.92 Å². The maximum absolute atomic E-state index is 12.7. The molecule has 0 saturated carbocycles. The van der Waals surface area contributed by atoms with Crippen molar-refractivity contribution in [3.8, 4) is 0 Å². The Morgan fingerprint density at radius 3 is 2.92 bits per heavy atom. The summed E-state index contributed by atoms with van der Waals surface area (Å²) in [5.41, 5.74) is 1.24. The first kappa shape index (κ1) is 16.3. The Balaban J connectivity index is 1.51. The number of fused-ring (bicyclic) bond motifs is 1. The number of rotatable bonds is 3. The van der Waals surface area contributed by atoms with Gasteiger partial charge in [-0.2, -0.15) is 0 Å². The number of aromatic nitrogens is 1. The van der Waals surface area contributed by atoms with Crippen molar-refractivity contribution in [3.05, 3.63) is 54.2 Å². The third kappa shape index (κ3) is 3.60. The lowest BCUT2D eigenvalue weighted by molar-refractivity contribution is 0.0350. The molecule has 0 radical (unpaired) electrons. The van der Waals surface area contributed by atoms with Crippen LogP contribution in [0.15, 0.2) is 47.3 Å². The van der Waals surface area contributed by atoms with E-state index in [9.17, 15) is 4.79 Å². The third-order valence-electron chi connectivity index (χ3n) is 5.20. The SMILES string of the molecule is O=C(c1ccco1)N1CC[C@@H]2COCCN(Cc3ccncc3)[C@@H]2C1. The number of piperidine rings is 1. The molecule has 132 valence electrons. The van der Waals surface area contributed by atoms with Crippen LogP contribution in [0.2, 0.25) is 0 Å². The Hall–Kier alpha value is -2.18. The highest BCUT2D eigenvalue weighted by atomic mass is 16.5. The standard InChI is InChI=1S/C19H23N3O3/c23-19(18-2-1-10-25-18)22-8-5-16-14-24-11-9-21(17(16)13-22)12-15-3-6-20-7-4-15/h1-4,6-7,10,16-17H,5,8-9,11-14H2/t16-,17-/m1/s1. The fraction of sp³-hybridized carbons (Fsp3) is 0.474. The third-order valence-corrected chi connectivity index (χ3v) is 5.20. The maximum Gasteiger partial charge on any atom is 0.289 e. The second-order valence-corrected chi connectivity index (χ2v) is 6.75. The lowest BCUT2D eigenvalue weighted by Crippen LogP contribution is -2.54. The van der Waals surface area contributed by atoms with Crippen molar-refractivity contribution < 1.29 is 13.9 Å². The summed E-state index contributed by atoms with van der Waals surface area (Å²) in [6.07, 6.45) is 6.17. The van der Waals surface area contributed by atoms with E-state index in [0.717, 1.165) is 45.8 Å². The van der Waals surface area contributed by atoms with Crippen molar-refractivity contribution in [2.75, 3.05) is 32.8 Å². The number of carbonyl (C=O) groups is 1. The number of hydrogen-bond acceptors (Lipinski definition) is 5. The molecule has 0 bridgehead atoms. The highest BCUT2D eigenvalue weighted by Crippen LogP contribution is 2.27. The summed E-state index contributed by atoms with van der Waals surface area (Å²) < 4.78 is 11.1. The zero-order valence-corrected chi connectivity index (χ0v) is 14.2. The Kier molecular flexibility index (Phi) is 4.81. The topological polar surface area (TPSA) is 58.8 Å². The quantitative estimate of drug-likeness (QED) is 0.855. The van der Waals surface area contributed by atoms with E-state index in [4.69, 9.17) is 9.15 Å². The molecule has 0 aromatic carbocycles. The first-order valence-electron chi connectivity index (χ1n) is 8.85. The molecule has 6 heteroatoms. The smallest absolute Gasteiger partial charge is 0.289 e. The summed E-state index contributed by atoms with van der Waals surface area (Å²) in [5, 5.41) is 0. The molecule has 0 aliphatic carbocycles. The molecule has 6 nitrogen and oxygen atoms in total. The van der Waals surface area contributed by atoms with Crippen LogP contribution in [-0.2, 0) is 11.3 Å².